The molecule has 2 aromatic heterocycles. The molecule has 1 unspecified atom stereocenters. The van der Waals surface area contributed by atoms with Crippen molar-refractivity contribution in [2.75, 3.05) is 5.32 Å². The number of nitrogens with zero attached hydrogens (tertiary/aromatic N) is 2. The number of aryl methyl sites for hydroxylation is 1. The summed E-state index contributed by atoms with van der Waals surface area (Å²) in [5, 5.41) is 2.51. The third-order valence-electron chi connectivity index (χ3n) is 5.26. The smallest absolute Gasteiger partial charge is 0.324 e. The van der Waals surface area contributed by atoms with Crippen LogP contribution in [-0.2, 0) is 11.0 Å². The SMILES string of the molecule is Cc1cccc2ncc(C(CC(=O)Nc3ccccc3F)c3cccc(C(F)(F)F)c3)n12. The second kappa shape index (κ2) is 8.45. The predicted octanol–water partition coefficient (Wildman–Crippen LogP) is 5.96. The second-order valence-corrected chi connectivity index (χ2v) is 7.45. The molecular formula is C24H19F4N3O. The molecule has 2 heterocycles. The number of anilines is 1. The normalized spacial score (nSPS) is 12.7. The predicted molar refractivity (Wildman–Crippen MR) is 113 cm³/mol. The maximum absolute atomic E-state index is 14.0. The van der Waals surface area contributed by atoms with Crippen molar-refractivity contribution in [1.82, 2.24) is 9.38 Å². The van der Waals surface area contributed by atoms with Gasteiger partial charge < -0.3 is 9.72 Å². The molecule has 0 spiro atoms. The fraction of sp³-hybridized carbons (Fsp3) is 0.167. The van der Waals surface area contributed by atoms with Crippen LogP contribution in [0, 0.1) is 12.7 Å². The minimum absolute atomic E-state index is 0.00890. The molecule has 0 aliphatic carbocycles. The van der Waals surface area contributed by atoms with Gasteiger partial charge in [0.15, 0.2) is 0 Å². The van der Waals surface area contributed by atoms with Gasteiger partial charge in [0.05, 0.1) is 16.9 Å². The summed E-state index contributed by atoms with van der Waals surface area (Å²) in [6, 6.07) is 16.1. The molecule has 32 heavy (non-hydrogen) atoms. The summed E-state index contributed by atoms with van der Waals surface area (Å²) in [7, 11) is 0. The van der Waals surface area contributed by atoms with Gasteiger partial charge in [-0.3, -0.25) is 4.79 Å². The Balaban J connectivity index is 1.77. The topological polar surface area (TPSA) is 46.4 Å². The summed E-state index contributed by atoms with van der Waals surface area (Å²) in [6.45, 7) is 1.85. The molecule has 1 amide bonds. The first kappa shape index (κ1) is 21.5. The molecule has 4 aromatic rings. The number of carbonyl (C=O) groups is 1. The zero-order chi connectivity index (χ0) is 22.9. The van der Waals surface area contributed by atoms with E-state index in [9.17, 15) is 22.4 Å². The maximum atomic E-state index is 14.0. The van der Waals surface area contributed by atoms with Gasteiger partial charge in [0.25, 0.3) is 0 Å². The molecule has 0 aliphatic heterocycles. The highest BCUT2D eigenvalue weighted by molar-refractivity contribution is 5.91. The first-order valence-electron chi connectivity index (χ1n) is 9.88. The van der Waals surface area contributed by atoms with E-state index in [4.69, 9.17) is 0 Å². The lowest BCUT2D eigenvalue weighted by Crippen LogP contribution is -2.19. The van der Waals surface area contributed by atoms with Gasteiger partial charge in [-0.2, -0.15) is 13.2 Å². The Morgan fingerprint density at radius 2 is 1.81 bits per heavy atom. The van der Waals surface area contributed by atoms with E-state index in [1.807, 2.05) is 19.1 Å². The number of imidazole rings is 1. The van der Waals surface area contributed by atoms with Crippen LogP contribution in [-0.4, -0.2) is 15.3 Å². The summed E-state index contributed by atoms with van der Waals surface area (Å²) in [5.74, 6) is -1.86. The van der Waals surface area contributed by atoms with E-state index in [1.54, 1.807) is 28.8 Å². The average molecular weight is 441 g/mol. The summed E-state index contributed by atoms with van der Waals surface area (Å²) in [5.41, 5.74) is 1.53. The number of nitrogens with one attached hydrogen (secondary N) is 1. The maximum Gasteiger partial charge on any atom is 0.416 e. The summed E-state index contributed by atoms with van der Waals surface area (Å²) in [6.07, 6.45) is -3.16. The highest BCUT2D eigenvalue weighted by Gasteiger charge is 2.32. The molecule has 0 saturated carbocycles. The van der Waals surface area contributed by atoms with Gasteiger partial charge in [-0.25, -0.2) is 9.37 Å². The highest BCUT2D eigenvalue weighted by Crippen LogP contribution is 2.35. The molecule has 8 heteroatoms. The molecular weight excluding hydrogens is 422 g/mol. The largest absolute Gasteiger partial charge is 0.416 e. The molecule has 0 bridgehead atoms. The minimum Gasteiger partial charge on any atom is -0.324 e. The number of amides is 1. The lowest BCUT2D eigenvalue weighted by molar-refractivity contribution is -0.137. The van der Waals surface area contributed by atoms with Crippen LogP contribution in [0.4, 0.5) is 23.2 Å². The molecule has 0 saturated heterocycles. The first-order chi connectivity index (χ1) is 15.2. The Labute approximate surface area is 181 Å². The average Bonchev–Trinajstić information content (AvgIpc) is 3.18. The number of fused-ring (bicyclic) bond motifs is 1. The third kappa shape index (κ3) is 4.34. The Morgan fingerprint density at radius 3 is 2.56 bits per heavy atom. The number of aromatic nitrogens is 2. The van der Waals surface area contributed by atoms with Crippen LogP contribution in [0.2, 0.25) is 0 Å². The molecule has 1 N–H and O–H groups in total. The number of benzene rings is 2. The van der Waals surface area contributed by atoms with Crippen molar-refractivity contribution in [2.24, 2.45) is 0 Å². The van der Waals surface area contributed by atoms with Crippen LogP contribution in [0.5, 0.6) is 0 Å². The molecule has 4 rings (SSSR count). The molecule has 0 radical (unpaired) electrons. The lowest BCUT2D eigenvalue weighted by atomic mass is 9.91. The molecule has 1 atom stereocenters. The third-order valence-corrected chi connectivity index (χ3v) is 5.26. The van der Waals surface area contributed by atoms with Crippen molar-refractivity contribution in [3.63, 3.8) is 0 Å². The van der Waals surface area contributed by atoms with E-state index in [-0.39, 0.29) is 12.1 Å². The number of hydrogen-bond donors (Lipinski definition) is 1. The van der Waals surface area contributed by atoms with Crippen molar-refractivity contribution in [3.8, 4) is 0 Å². The number of halogens is 4. The van der Waals surface area contributed by atoms with Crippen molar-refractivity contribution < 1.29 is 22.4 Å². The fourth-order valence-electron chi connectivity index (χ4n) is 3.75. The lowest BCUT2D eigenvalue weighted by Gasteiger charge is -2.20. The van der Waals surface area contributed by atoms with Crippen molar-refractivity contribution >= 4 is 17.2 Å². The first-order valence-corrected chi connectivity index (χ1v) is 9.88. The van der Waals surface area contributed by atoms with E-state index in [0.29, 0.717) is 16.9 Å². The van der Waals surface area contributed by atoms with Crippen LogP contribution < -0.4 is 5.32 Å². The number of carbonyl (C=O) groups excluding carboxylic acids is 1. The monoisotopic (exact) mass is 441 g/mol. The Bertz CT molecular complexity index is 1280. The zero-order valence-electron chi connectivity index (χ0n) is 17.0. The van der Waals surface area contributed by atoms with E-state index in [1.165, 1.54) is 24.3 Å². The van der Waals surface area contributed by atoms with Crippen molar-refractivity contribution in [3.05, 3.63) is 101 Å². The highest BCUT2D eigenvalue weighted by atomic mass is 19.4. The molecule has 0 aliphatic rings. The second-order valence-electron chi connectivity index (χ2n) is 7.45. The van der Waals surface area contributed by atoms with E-state index >= 15 is 0 Å². The minimum atomic E-state index is -4.52. The van der Waals surface area contributed by atoms with E-state index in [2.05, 4.69) is 10.3 Å². The number of rotatable bonds is 5. The summed E-state index contributed by atoms with van der Waals surface area (Å²) in [4.78, 5) is 17.2. The van der Waals surface area contributed by atoms with Gasteiger partial charge in [-0.05, 0) is 42.8 Å². The number of alkyl halides is 3. The number of para-hydroxylation sites is 1. The zero-order valence-corrected chi connectivity index (χ0v) is 17.0. The van der Waals surface area contributed by atoms with Gasteiger partial charge in [-0.15, -0.1) is 0 Å². The van der Waals surface area contributed by atoms with Gasteiger partial charge in [-0.1, -0.05) is 36.4 Å². The van der Waals surface area contributed by atoms with Crippen LogP contribution in [0.1, 0.15) is 34.9 Å². The van der Waals surface area contributed by atoms with Crippen LogP contribution >= 0.6 is 0 Å². The van der Waals surface area contributed by atoms with Crippen LogP contribution in [0.15, 0.2) is 72.9 Å². The van der Waals surface area contributed by atoms with E-state index < -0.39 is 29.4 Å². The fourth-order valence-corrected chi connectivity index (χ4v) is 3.75. The van der Waals surface area contributed by atoms with Gasteiger partial charge in [0.2, 0.25) is 5.91 Å². The van der Waals surface area contributed by atoms with E-state index in [0.717, 1.165) is 17.8 Å². The Morgan fingerprint density at radius 1 is 1.06 bits per heavy atom. The molecule has 0 fully saturated rings. The quantitative estimate of drug-likeness (QED) is 0.389. The van der Waals surface area contributed by atoms with Crippen LogP contribution in [0.25, 0.3) is 5.65 Å². The standard InChI is InChI=1S/C24H19F4N3O/c1-15-6-4-11-22-29-14-21(31(15)22)18(16-7-5-8-17(12-16)24(26,27)28)13-23(32)30-20-10-3-2-9-19(20)25/h2-12,14,18H,13H2,1H3,(H,30,32). The molecule has 4 nitrogen and oxygen atoms in total. The number of pyridine rings is 1. The molecule has 2 aromatic carbocycles. The van der Waals surface area contributed by atoms with Gasteiger partial charge in [0, 0.05) is 24.2 Å². The van der Waals surface area contributed by atoms with Crippen molar-refractivity contribution in [1.29, 1.82) is 0 Å². The van der Waals surface area contributed by atoms with Gasteiger partial charge in [0.1, 0.15) is 11.5 Å². The molecule has 164 valence electrons. The summed E-state index contributed by atoms with van der Waals surface area (Å²) >= 11 is 0. The van der Waals surface area contributed by atoms with Crippen LogP contribution in [0.3, 0.4) is 0 Å². The summed E-state index contributed by atoms with van der Waals surface area (Å²) < 4.78 is 55.8. The number of hydrogen-bond acceptors (Lipinski definition) is 2. The van der Waals surface area contributed by atoms with Crippen molar-refractivity contribution in [2.45, 2.75) is 25.4 Å². The Kier molecular flexibility index (Phi) is 5.69. The van der Waals surface area contributed by atoms with Gasteiger partial charge >= 0.3 is 6.18 Å². The Hall–Kier alpha value is -3.68.